The summed E-state index contributed by atoms with van der Waals surface area (Å²) in [5.41, 5.74) is 2.83. The highest BCUT2D eigenvalue weighted by molar-refractivity contribution is 5.23. The molecule has 3 rings (SSSR count). The van der Waals surface area contributed by atoms with E-state index >= 15 is 0 Å². The van der Waals surface area contributed by atoms with Gasteiger partial charge in [0.15, 0.2) is 0 Å². The first-order valence-electron chi connectivity index (χ1n) is 3.74. The molecular weight excluding hydrogens is 122 g/mol. The molecular formula is C9H11N. The van der Waals surface area contributed by atoms with Gasteiger partial charge in [-0.1, -0.05) is 24.3 Å². The lowest BCUT2D eigenvalue weighted by Gasteiger charge is -2.10. The minimum absolute atomic E-state index is 1.03. The minimum Gasteiger partial charge on any atom is -0.312 e. The Morgan fingerprint density at radius 2 is 1.70 bits per heavy atom. The van der Waals surface area contributed by atoms with Gasteiger partial charge in [0.25, 0.3) is 0 Å². The van der Waals surface area contributed by atoms with Crippen LogP contribution in [0.2, 0.25) is 0 Å². The maximum atomic E-state index is 3.36. The predicted molar refractivity (Wildman–Crippen MR) is 41.9 cm³/mol. The average molecular weight is 133 g/mol. The Kier molecular flexibility index (Phi) is 1.44. The Bertz CT molecular complexity index is 188. The van der Waals surface area contributed by atoms with Gasteiger partial charge < -0.3 is 5.32 Å². The van der Waals surface area contributed by atoms with Crippen LogP contribution in [0, 0.1) is 0 Å². The van der Waals surface area contributed by atoms with E-state index in [1.54, 1.807) is 0 Å². The van der Waals surface area contributed by atoms with E-state index in [9.17, 15) is 0 Å². The Balaban J connectivity index is 2.40. The van der Waals surface area contributed by atoms with Gasteiger partial charge in [0, 0.05) is 6.54 Å². The fourth-order valence-electron chi connectivity index (χ4n) is 1.29. The highest BCUT2D eigenvalue weighted by Gasteiger charge is 1.98. The van der Waals surface area contributed by atoms with E-state index in [2.05, 4.69) is 29.6 Å². The van der Waals surface area contributed by atoms with Crippen LogP contribution in [0.5, 0.6) is 0 Å². The van der Waals surface area contributed by atoms with E-state index in [1.807, 2.05) is 0 Å². The fraction of sp³-hybridized carbons (Fsp3) is 0.333. The molecule has 1 heteroatoms. The maximum absolute atomic E-state index is 3.36. The van der Waals surface area contributed by atoms with Crippen LogP contribution in [0.15, 0.2) is 24.3 Å². The van der Waals surface area contributed by atoms with Gasteiger partial charge in [-0.2, -0.15) is 0 Å². The Labute approximate surface area is 61.1 Å². The van der Waals surface area contributed by atoms with E-state index in [4.69, 9.17) is 0 Å². The van der Waals surface area contributed by atoms with E-state index in [-0.39, 0.29) is 0 Å². The summed E-state index contributed by atoms with van der Waals surface area (Å²) in [6.45, 7) is 2.15. The lowest BCUT2D eigenvalue weighted by Crippen LogP contribution is -2.18. The van der Waals surface area contributed by atoms with E-state index in [0.29, 0.717) is 0 Å². The second-order valence-corrected chi connectivity index (χ2v) is 2.74. The molecule has 2 heterocycles. The van der Waals surface area contributed by atoms with Gasteiger partial charge in [0.2, 0.25) is 0 Å². The Morgan fingerprint density at radius 1 is 1.00 bits per heavy atom. The first kappa shape index (κ1) is 5.93. The van der Waals surface area contributed by atoms with Gasteiger partial charge >= 0.3 is 0 Å². The van der Waals surface area contributed by atoms with Crippen molar-refractivity contribution in [2.24, 2.45) is 0 Å². The molecule has 0 radical (unpaired) electrons. The van der Waals surface area contributed by atoms with Crippen molar-refractivity contribution in [3.63, 3.8) is 0 Å². The van der Waals surface area contributed by atoms with Crippen molar-refractivity contribution in [1.82, 2.24) is 5.32 Å². The smallest absolute Gasteiger partial charge is 0.0205 e. The second-order valence-electron chi connectivity index (χ2n) is 2.74. The summed E-state index contributed by atoms with van der Waals surface area (Å²) >= 11 is 0. The standard InChI is InChI=1S/C9H11N/c1-3-9-4-2-8(1)5-6-10-7-9/h1-4,10H,5-7H2. The van der Waals surface area contributed by atoms with E-state index in [1.165, 1.54) is 17.5 Å². The molecule has 2 aliphatic heterocycles. The summed E-state index contributed by atoms with van der Waals surface area (Å²) in [6.07, 6.45) is 1.17. The van der Waals surface area contributed by atoms with Gasteiger partial charge in [-0.25, -0.2) is 0 Å². The summed E-state index contributed by atoms with van der Waals surface area (Å²) in [5, 5.41) is 3.36. The fourth-order valence-corrected chi connectivity index (χ4v) is 1.29. The molecule has 0 saturated carbocycles. The first-order valence-corrected chi connectivity index (χ1v) is 3.74. The van der Waals surface area contributed by atoms with Crippen LogP contribution in [-0.2, 0) is 13.0 Å². The third-order valence-corrected chi connectivity index (χ3v) is 1.94. The molecule has 0 atom stereocenters. The topological polar surface area (TPSA) is 12.0 Å². The van der Waals surface area contributed by atoms with Gasteiger partial charge in [0.1, 0.15) is 0 Å². The molecule has 2 bridgehead atoms. The van der Waals surface area contributed by atoms with Crippen molar-refractivity contribution in [2.45, 2.75) is 13.0 Å². The van der Waals surface area contributed by atoms with Gasteiger partial charge in [-0.3, -0.25) is 0 Å². The highest BCUT2D eigenvalue weighted by Crippen LogP contribution is 2.07. The normalized spacial score (nSPS) is 16.4. The van der Waals surface area contributed by atoms with Gasteiger partial charge in [0.05, 0.1) is 0 Å². The number of fused-ring (bicyclic) bond motifs is 5. The number of rotatable bonds is 0. The van der Waals surface area contributed by atoms with Crippen LogP contribution in [0.3, 0.4) is 0 Å². The zero-order valence-electron chi connectivity index (χ0n) is 5.93. The van der Waals surface area contributed by atoms with Crippen molar-refractivity contribution < 1.29 is 0 Å². The lowest BCUT2D eigenvalue weighted by molar-refractivity contribution is 0.677. The van der Waals surface area contributed by atoms with E-state index in [0.717, 1.165) is 13.1 Å². The van der Waals surface area contributed by atoms with Crippen LogP contribution < -0.4 is 5.32 Å². The van der Waals surface area contributed by atoms with E-state index < -0.39 is 0 Å². The van der Waals surface area contributed by atoms with Crippen LogP contribution >= 0.6 is 0 Å². The monoisotopic (exact) mass is 133 g/mol. The molecule has 0 unspecified atom stereocenters. The summed E-state index contributed by atoms with van der Waals surface area (Å²) in [5.74, 6) is 0. The zero-order chi connectivity index (χ0) is 6.81. The van der Waals surface area contributed by atoms with Gasteiger partial charge in [-0.15, -0.1) is 0 Å². The molecule has 0 aromatic heterocycles. The largest absolute Gasteiger partial charge is 0.312 e. The summed E-state index contributed by atoms with van der Waals surface area (Å²) in [7, 11) is 0. The van der Waals surface area contributed by atoms with Crippen molar-refractivity contribution in [1.29, 1.82) is 0 Å². The molecule has 0 saturated heterocycles. The number of hydrogen-bond donors (Lipinski definition) is 1. The molecule has 52 valence electrons. The average Bonchev–Trinajstić information content (AvgIpc) is 1.89. The quantitative estimate of drug-likeness (QED) is 0.563. The lowest BCUT2D eigenvalue weighted by atomic mass is 10.1. The van der Waals surface area contributed by atoms with Crippen molar-refractivity contribution in [3.05, 3.63) is 35.4 Å². The molecule has 0 spiro atoms. The Hall–Kier alpha value is -0.820. The van der Waals surface area contributed by atoms with Crippen LogP contribution in [0.4, 0.5) is 0 Å². The SMILES string of the molecule is c1cc2ccc1CCNC2. The van der Waals surface area contributed by atoms with Crippen LogP contribution in [-0.4, -0.2) is 6.54 Å². The molecule has 1 nitrogen and oxygen atoms in total. The molecule has 1 aromatic carbocycles. The molecule has 1 aromatic rings. The number of hydrogen-bond acceptors (Lipinski definition) is 1. The van der Waals surface area contributed by atoms with Crippen LogP contribution in [0.25, 0.3) is 0 Å². The molecule has 2 aliphatic rings. The first-order chi connectivity index (χ1) is 4.95. The van der Waals surface area contributed by atoms with Gasteiger partial charge in [-0.05, 0) is 24.1 Å². The van der Waals surface area contributed by atoms with Crippen LogP contribution in [0.1, 0.15) is 11.1 Å². The number of benzene rings is 1. The molecule has 10 heavy (non-hydrogen) atoms. The van der Waals surface area contributed by atoms with Crippen molar-refractivity contribution >= 4 is 0 Å². The summed E-state index contributed by atoms with van der Waals surface area (Å²) in [6, 6.07) is 8.83. The third-order valence-electron chi connectivity index (χ3n) is 1.94. The Morgan fingerprint density at radius 3 is 2.50 bits per heavy atom. The van der Waals surface area contributed by atoms with Crippen molar-refractivity contribution in [3.8, 4) is 0 Å². The summed E-state index contributed by atoms with van der Waals surface area (Å²) in [4.78, 5) is 0. The molecule has 0 fully saturated rings. The molecule has 0 amide bonds. The third kappa shape index (κ3) is 1.05. The highest BCUT2D eigenvalue weighted by atomic mass is 14.8. The molecule has 0 aliphatic carbocycles. The minimum atomic E-state index is 1.03. The van der Waals surface area contributed by atoms with Crippen molar-refractivity contribution in [2.75, 3.05) is 6.54 Å². The summed E-state index contributed by atoms with van der Waals surface area (Å²) < 4.78 is 0. The molecule has 1 N–H and O–H groups in total. The zero-order valence-corrected chi connectivity index (χ0v) is 5.93. The second kappa shape index (κ2) is 2.43. The predicted octanol–water partition coefficient (Wildman–Crippen LogP) is 1.33. The number of nitrogens with one attached hydrogen (secondary N) is 1. The maximum Gasteiger partial charge on any atom is 0.0205 e.